The van der Waals surface area contributed by atoms with E-state index in [4.69, 9.17) is 3.32 Å². The molecule has 0 aliphatic heterocycles. The van der Waals surface area contributed by atoms with Crippen LogP contribution < -0.4 is 24.8 Å². The maximum atomic E-state index is 11.7. The molecule has 23 heavy (non-hydrogen) atoms. The van der Waals surface area contributed by atoms with E-state index in [1.54, 1.807) is 29.2 Å². The third kappa shape index (κ3) is 4.15. The molecule has 0 heterocycles. The van der Waals surface area contributed by atoms with Gasteiger partial charge < -0.3 is 24.8 Å². The van der Waals surface area contributed by atoms with Crippen LogP contribution in [0.25, 0.3) is 0 Å². The number of carbonyl (C=O) groups is 1. The van der Waals surface area contributed by atoms with Crippen LogP contribution in [0, 0.1) is 5.92 Å². The van der Waals surface area contributed by atoms with Crippen LogP contribution in [-0.4, -0.2) is 5.97 Å². The second-order valence-corrected chi connectivity index (χ2v) is 8.37. The predicted molar refractivity (Wildman–Crippen MR) is 80.2 cm³/mol. The Labute approximate surface area is 161 Å². The van der Waals surface area contributed by atoms with Gasteiger partial charge in [0.1, 0.15) is 0 Å². The summed E-state index contributed by atoms with van der Waals surface area (Å²) in [5, 5.41) is 0. The van der Waals surface area contributed by atoms with Crippen molar-refractivity contribution < 1.29 is 52.5 Å². The summed E-state index contributed by atoms with van der Waals surface area (Å²) in [6.07, 6.45) is 9.03. The van der Waals surface area contributed by atoms with E-state index in [0.717, 1.165) is 0 Å². The van der Waals surface area contributed by atoms with Gasteiger partial charge >= 0.3 is 137 Å². The molecule has 2 atom stereocenters. The molecular formula is C18H24Cl2O2Ti. The van der Waals surface area contributed by atoms with Gasteiger partial charge in [-0.1, -0.05) is 0 Å². The minimum atomic E-state index is -0.704. The van der Waals surface area contributed by atoms with Crippen molar-refractivity contribution in [3.63, 3.8) is 0 Å². The van der Waals surface area contributed by atoms with Crippen molar-refractivity contribution >= 4 is 5.97 Å². The van der Waals surface area contributed by atoms with Gasteiger partial charge in [0, 0.05) is 0 Å². The van der Waals surface area contributed by atoms with E-state index in [2.05, 4.69) is 13.5 Å². The van der Waals surface area contributed by atoms with Crippen molar-refractivity contribution in [2.75, 3.05) is 0 Å². The number of allylic oxidation sites excluding steroid dienone is 4. The van der Waals surface area contributed by atoms with Crippen molar-refractivity contribution in [1.29, 1.82) is 0 Å². The average Bonchev–Trinajstić information content (AvgIpc) is 2.79. The fourth-order valence-electron chi connectivity index (χ4n) is 4.15. The Balaban J connectivity index is 0.00000132. The minimum absolute atomic E-state index is 0. The van der Waals surface area contributed by atoms with Crippen LogP contribution in [0.1, 0.15) is 58.8 Å². The van der Waals surface area contributed by atoms with Gasteiger partial charge in [0.15, 0.2) is 0 Å². The topological polar surface area (TPSA) is 26.3 Å². The zero-order valence-corrected chi connectivity index (χ0v) is 17.0. The molecule has 0 aromatic heterocycles. The summed E-state index contributed by atoms with van der Waals surface area (Å²) >= 11 is -0.704. The summed E-state index contributed by atoms with van der Waals surface area (Å²) in [7, 11) is 0. The monoisotopic (exact) mass is 390 g/mol. The molecule has 126 valence electrons. The summed E-state index contributed by atoms with van der Waals surface area (Å²) in [5.41, 5.74) is 7.27. The Morgan fingerprint density at radius 1 is 1.13 bits per heavy atom. The van der Waals surface area contributed by atoms with Crippen LogP contribution in [-0.2, 0) is 27.7 Å². The van der Waals surface area contributed by atoms with Crippen LogP contribution >= 0.6 is 0 Å². The van der Waals surface area contributed by atoms with E-state index >= 15 is 0 Å². The normalized spacial score (nSPS) is 25.5. The SMILES string of the molecule is C=C(C)C(=O)[O][Ti+2][CH]1CCCC2=C1C(C)C1=C2CCCC1.[Cl-].[Cl-]. The summed E-state index contributed by atoms with van der Waals surface area (Å²) in [4.78, 5) is 11.7. The molecule has 0 aromatic rings. The Hall–Kier alpha value is -0.0157. The van der Waals surface area contributed by atoms with E-state index in [1.807, 2.05) is 0 Å². The van der Waals surface area contributed by atoms with Crippen LogP contribution in [0.2, 0.25) is 4.22 Å². The number of rotatable bonds is 3. The van der Waals surface area contributed by atoms with Crippen molar-refractivity contribution in [3.8, 4) is 0 Å². The van der Waals surface area contributed by atoms with Crippen molar-refractivity contribution in [3.05, 3.63) is 34.4 Å². The molecule has 3 aliphatic rings. The molecule has 0 saturated heterocycles. The molecule has 2 nitrogen and oxygen atoms in total. The van der Waals surface area contributed by atoms with Gasteiger partial charge in [0.25, 0.3) is 0 Å². The predicted octanol–water partition coefficient (Wildman–Crippen LogP) is -1.10. The van der Waals surface area contributed by atoms with Crippen LogP contribution in [0.15, 0.2) is 34.4 Å². The molecule has 0 fully saturated rings. The van der Waals surface area contributed by atoms with E-state index in [1.165, 1.54) is 44.9 Å². The zero-order valence-electron chi connectivity index (χ0n) is 13.9. The Morgan fingerprint density at radius 3 is 2.48 bits per heavy atom. The maximum absolute atomic E-state index is 11.7. The molecule has 0 aromatic carbocycles. The third-order valence-electron chi connectivity index (χ3n) is 5.15. The van der Waals surface area contributed by atoms with Crippen molar-refractivity contribution in [2.24, 2.45) is 5.92 Å². The first kappa shape index (κ1) is 21.0. The zero-order chi connectivity index (χ0) is 15.0. The fraction of sp³-hybridized carbons (Fsp3) is 0.611. The second-order valence-electron chi connectivity index (χ2n) is 6.60. The molecule has 0 bridgehead atoms. The minimum Gasteiger partial charge on any atom is -1.00 e. The number of fused-ring (bicyclic) bond motifs is 1. The van der Waals surface area contributed by atoms with E-state index in [9.17, 15) is 4.79 Å². The fourth-order valence-corrected chi connectivity index (χ4v) is 6.18. The Kier molecular flexibility index (Phi) is 8.13. The number of carbonyl (C=O) groups excluding carboxylic acids is 1. The molecule has 2 unspecified atom stereocenters. The molecular weight excluding hydrogens is 367 g/mol. The largest absolute Gasteiger partial charge is 1.00 e. The van der Waals surface area contributed by atoms with E-state index in [0.29, 0.717) is 15.7 Å². The first-order valence-corrected chi connectivity index (χ1v) is 9.71. The average molecular weight is 391 g/mol. The van der Waals surface area contributed by atoms with Crippen LogP contribution in [0.3, 0.4) is 0 Å². The number of hydrogen-bond donors (Lipinski definition) is 0. The van der Waals surface area contributed by atoms with E-state index in [-0.39, 0.29) is 30.8 Å². The molecule has 0 amide bonds. The van der Waals surface area contributed by atoms with Gasteiger partial charge in [-0.05, 0) is 0 Å². The van der Waals surface area contributed by atoms with Crippen LogP contribution in [0.5, 0.6) is 0 Å². The smallest absolute Gasteiger partial charge is 1.00 e. The van der Waals surface area contributed by atoms with Gasteiger partial charge in [-0.2, -0.15) is 0 Å². The number of hydrogen-bond acceptors (Lipinski definition) is 2. The molecule has 0 saturated carbocycles. The third-order valence-corrected chi connectivity index (χ3v) is 7.00. The molecule has 0 radical (unpaired) electrons. The molecule has 3 rings (SSSR count). The number of halogens is 2. The summed E-state index contributed by atoms with van der Waals surface area (Å²) in [6.45, 7) is 7.80. The van der Waals surface area contributed by atoms with Crippen molar-refractivity contribution in [2.45, 2.75) is 63.0 Å². The van der Waals surface area contributed by atoms with Gasteiger partial charge in [-0.15, -0.1) is 0 Å². The molecule has 0 N–H and O–H groups in total. The van der Waals surface area contributed by atoms with Crippen LogP contribution in [0.4, 0.5) is 0 Å². The first-order chi connectivity index (χ1) is 10.1. The quantitative estimate of drug-likeness (QED) is 0.451. The Bertz CT molecular complexity index is 551. The van der Waals surface area contributed by atoms with E-state index < -0.39 is 19.5 Å². The van der Waals surface area contributed by atoms with Gasteiger partial charge in [0.2, 0.25) is 0 Å². The molecule has 5 heteroatoms. The van der Waals surface area contributed by atoms with Crippen molar-refractivity contribution in [1.82, 2.24) is 0 Å². The maximum Gasteiger partial charge on any atom is -1.00 e. The summed E-state index contributed by atoms with van der Waals surface area (Å²) in [5.74, 6) is 0.430. The van der Waals surface area contributed by atoms with Gasteiger partial charge in [-0.3, -0.25) is 0 Å². The second kappa shape index (κ2) is 8.90. The van der Waals surface area contributed by atoms with Gasteiger partial charge in [0.05, 0.1) is 0 Å². The standard InChI is InChI=1S/C14H19.C4H6O2.2ClH.Ti/c1-10-11-6-2-4-8-13(11)14-9-5-3-7-12(10)14;1-3(2)4(5)6;;;/h6,10H,2-5,7-9H2,1H3;1H2,2H3,(H,5,6);2*1H;/q;;;;+3/p-3. The molecule has 3 aliphatic carbocycles. The molecule has 0 spiro atoms. The summed E-state index contributed by atoms with van der Waals surface area (Å²) < 4.78 is 6.14. The van der Waals surface area contributed by atoms with Gasteiger partial charge in [-0.25, -0.2) is 0 Å². The Morgan fingerprint density at radius 2 is 1.78 bits per heavy atom. The summed E-state index contributed by atoms with van der Waals surface area (Å²) in [6, 6.07) is 0. The first-order valence-electron chi connectivity index (χ1n) is 8.17.